The maximum absolute atomic E-state index is 11.9. The smallest absolute Gasteiger partial charge is 0.164 e. The van der Waals surface area contributed by atoms with E-state index in [0.717, 1.165) is 18.8 Å². The predicted molar refractivity (Wildman–Crippen MR) is 56.4 cm³/mol. The van der Waals surface area contributed by atoms with Gasteiger partial charge in [-0.15, -0.1) is 0 Å². The summed E-state index contributed by atoms with van der Waals surface area (Å²) in [5.41, 5.74) is 0. The van der Waals surface area contributed by atoms with Crippen LogP contribution in [0.1, 0.15) is 39.0 Å². The highest BCUT2D eigenvalue weighted by Gasteiger charge is 2.28. The fourth-order valence-electron chi connectivity index (χ4n) is 2.44. The molecule has 1 aliphatic heterocycles. The predicted octanol–water partition coefficient (Wildman–Crippen LogP) is 2.14. The first kappa shape index (κ1) is 11.1. The average molecular weight is 212 g/mol. The molecule has 0 radical (unpaired) electrons. The summed E-state index contributed by atoms with van der Waals surface area (Å²) < 4.78 is 10.6. The van der Waals surface area contributed by atoms with E-state index in [1.54, 1.807) is 0 Å². The van der Waals surface area contributed by atoms with Crippen molar-refractivity contribution < 1.29 is 14.3 Å². The Morgan fingerprint density at radius 3 is 2.33 bits per heavy atom. The molecule has 1 saturated carbocycles. The highest BCUT2D eigenvalue weighted by atomic mass is 16.7. The van der Waals surface area contributed by atoms with Crippen molar-refractivity contribution in [2.75, 3.05) is 13.2 Å². The minimum atomic E-state index is -0.253. The van der Waals surface area contributed by atoms with Crippen LogP contribution in [0, 0.1) is 11.8 Å². The Balaban J connectivity index is 1.75. The van der Waals surface area contributed by atoms with Crippen LogP contribution in [-0.4, -0.2) is 25.3 Å². The second kappa shape index (κ2) is 5.08. The molecule has 2 rings (SSSR count). The number of carbonyl (C=O) groups is 1. The monoisotopic (exact) mass is 212 g/mol. The minimum absolute atomic E-state index is 0.253. The fraction of sp³-hybridized carbons (Fsp3) is 0.917. The Labute approximate surface area is 91.1 Å². The molecular formula is C12H20O3. The molecule has 1 saturated heterocycles. The topological polar surface area (TPSA) is 35.5 Å². The van der Waals surface area contributed by atoms with Crippen molar-refractivity contribution in [3.8, 4) is 0 Å². The standard InChI is InChI=1S/C12H20O3/c1-9-2-4-10(5-3-9)11(13)8-12-14-6-7-15-12/h9-10,12H,2-8H2,1H3. The van der Waals surface area contributed by atoms with Crippen LogP contribution in [-0.2, 0) is 14.3 Å². The Morgan fingerprint density at radius 2 is 1.73 bits per heavy atom. The van der Waals surface area contributed by atoms with Gasteiger partial charge in [0.15, 0.2) is 6.29 Å². The van der Waals surface area contributed by atoms with E-state index in [-0.39, 0.29) is 12.2 Å². The summed E-state index contributed by atoms with van der Waals surface area (Å²) in [6.07, 6.45) is 4.72. The van der Waals surface area contributed by atoms with Crippen LogP contribution in [0.3, 0.4) is 0 Å². The maximum Gasteiger partial charge on any atom is 0.164 e. The molecule has 0 spiro atoms. The van der Waals surface area contributed by atoms with Crippen LogP contribution in [0.2, 0.25) is 0 Å². The molecule has 3 heteroatoms. The quantitative estimate of drug-likeness (QED) is 0.719. The zero-order valence-corrected chi connectivity index (χ0v) is 9.41. The molecule has 0 atom stereocenters. The summed E-state index contributed by atoms with van der Waals surface area (Å²) in [5.74, 6) is 1.41. The van der Waals surface area contributed by atoms with Crippen molar-refractivity contribution in [3.63, 3.8) is 0 Å². The first-order valence-electron chi connectivity index (χ1n) is 6.01. The first-order chi connectivity index (χ1) is 7.25. The molecule has 2 fully saturated rings. The minimum Gasteiger partial charge on any atom is -0.350 e. The molecule has 3 nitrogen and oxygen atoms in total. The highest BCUT2D eigenvalue weighted by molar-refractivity contribution is 5.81. The van der Waals surface area contributed by atoms with Gasteiger partial charge in [0.25, 0.3) is 0 Å². The van der Waals surface area contributed by atoms with Gasteiger partial charge in [-0.3, -0.25) is 4.79 Å². The molecule has 1 heterocycles. The zero-order valence-electron chi connectivity index (χ0n) is 9.41. The fourth-order valence-corrected chi connectivity index (χ4v) is 2.44. The number of ketones is 1. The van der Waals surface area contributed by atoms with E-state index < -0.39 is 0 Å². The Bertz CT molecular complexity index is 213. The molecule has 0 amide bonds. The molecule has 15 heavy (non-hydrogen) atoms. The lowest BCUT2D eigenvalue weighted by molar-refractivity contribution is -0.132. The van der Waals surface area contributed by atoms with Gasteiger partial charge in [-0.2, -0.15) is 0 Å². The summed E-state index contributed by atoms with van der Waals surface area (Å²) >= 11 is 0. The van der Waals surface area contributed by atoms with E-state index >= 15 is 0 Å². The first-order valence-corrected chi connectivity index (χ1v) is 6.01. The third kappa shape index (κ3) is 3.02. The van der Waals surface area contributed by atoms with Gasteiger partial charge in [0.2, 0.25) is 0 Å². The molecule has 0 unspecified atom stereocenters. The van der Waals surface area contributed by atoms with E-state index in [9.17, 15) is 4.79 Å². The molecule has 0 bridgehead atoms. The Kier molecular flexibility index (Phi) is 3.76. The van der Waals surface area contributed by atoms with Gasteiger partial charge in [-0.25, -0.2) is 0 Å². The lowest BCUT2D eigenvalue weighted by atomic mass is 9.80. The number of hydrogen-bond donors (Lipinski definition) is 0. The van der Waals surface area contributed by atoms with E-state index in [1.165, 1.54) is 12.8 Å². The van der Waals surface area contributed by atoms with Gasteiger partial charge in [-0.1, -0.05) is 19.8 Å². The molecule has 2 aliphatic rings. The third-order valence-corrected chi connectivity index (χ3v) is 3.53. The van der Waals surface area contributed by atoms with E-state index in [4.69, 9.17) is 9.47 Å². The van der Waals surface area contributed by atoms with Crippen LogP contribution in [0.15, 0.2) is 0 Å². The van der Waals surface area contributed by atoms with Crippen LogP contribution >= 0.6 is 0 Å². The summed E-state index contributed by atoms with van der Waals surface area (Å²) in [6, 6.07) is 0. The molecule has 1 aliphatic carbocycles. The van der Waals surface area contributed by atoms with Gasteiger partial charge in [0.05, 0.1) is 19.6 Å². The summed E-state index contributed by atoms with van der Waals surface area (Å²) in [6.45, 7) is 3.54. The number of rotatable bonds is 3. The number of carbonyl (C=O) groups excluding carboxylic acids is 1. The molecule has 0 aromatic heterocycles. The Hall–Kier alpha value is -0.410. The van der Waals surface area contributed by atoms with Gasteiger partial charge in [0.1, 0.15) is 5.78 Å². The van der Waals surface area contributed by atoms with Crippen LogP contribution in [0.4, 0.5) is 0 Å². The number of Topliss-reactive ketones (excluding diaryl/α,β-unsaturated/α-hetero) is 1. The Morgan fingerprint density at radius 1 is 1.13 bits per heavy atom. The van der Waals surface area contributed by atoms with Crippen molar-refractivity contribution in [3.05, 3.63) is 0 Å². The largest absolute Gasteiger partial charge is 0.350 e. The van der Waals surface area contributed by atoms with Crippen LogP contribution in [0.25, 0.3) is 0 Å². The third-order valence-electron chi connectivity index (χ3n) is 3.53. The molecule has 0 aromatic rings. The van der Waals surface area contributed by atoms with Gasteiger partial charge in [0, 0.05) is 5.92 Å². The van der Waals surface area contributed by atoms with Crippen LogP contribution in [0.5, 0.6) is 0 Å². The van der Waals surface area contributed by atoms with Crippen molar-refractivity contribution in [2.24, 2.45) is 11.8 Å². The lowest BCUT2D eigenvalue weighted by Crippen LogP contribution is -2.25. The SMILES string of the molecule is CC1CCC(C(=O)CC2OCCO2)CC1. The molecule has 86 valence electrons. The molecule has 0 aromatic carbocycles. The van der Waals surface area contributed by atoms with Crippen LogP contribution < -0.4 is 0 Å². The van der Waals surface area contributed by atoms with E-state index in [2.05, 4.69) is 6.92 Å². The normalized spacial score (nSPS) is 33.1. The van der Waals surface area contributed by atoms with Crippen molar-refractivity contribution in [2.45, 2.75) is 45.3 Å². The van der Waals surface area contributed by atoms with E-state index in [0.29, 0.717) is 25.4 Å². The number of hydrogen-bond acceptors (Lipinski definition) is 3. The van der Waals surface area contributed by atoms with Crippen molar-refractivity contribution in [1.29, 1.82) is 0 Å². The summed E-state index contributed by atoms with van der Waals surface area (Å²) in [5, 5.41) is 0. The van der Waals surface area contributed by atoms with Gasteiger partial charge in [-0.05, 0) is 18.8 Å². The zero-order chi connectivity index (χ0) is 10.7. The summed E-state index contributed by atoms with van der Waals surface area (Å²) in [4.78, 5) is 11.9. The van der Waals surface area contributed by atoms with Gasteiger partial charge < -0.3 is 9.47 Å². The summed E-state index contributed by atoms with van der Waals surface area (Å²) in [7, 11) is 0. The lowest BCUT2D eigenvalue weighted by Gasteiger charge is -2.25. The van der Waals surface area contributed by atoms with Crippen molar-refractivity contribution in [1.82, 2.24) is 0 Å². The van der Waals surface area contributed by atoms with Crippen molar-refractivity contribution >= 4 is 5.78 Å². The molecule has 0 N–H and O–H groups in total. The second-order valence-electron chi connectivity index (χ2n) is 4.80. The maximum atomic E-state index is 11.9. The van der Waals surface area contributed by atoms with Gasteiger partial charge >= 0.3 is 0 Å². The van der Waals surface area contributed by atoms with E-state index in [1.807, 2.05) is 0 Å². The average Bonchev–Trinajstić information content (AvgIpc) is 2.71. The highest BCUT2D eigenvalue weighted by Crippen LogP contribution is 2.30. The number of ether oxygens (including phenoxy) is 2. The second-order valence-corrected chi connectivity index (χ2v) is 4.80. The molecular weight excluding hydrogens is 192 g/mol.